The number of benzene rings is 1. The topological polar surface area (TPSA) is 60.9 Å². The van der Waals surface area contributed by atoms with E-state index in [1.807, 2.05) is 41.0 Å². The predicted molar refractivity (Wildman–Crippen MR) is 102 cm³/mol. The summed E-state index contributed by atoms with van der Waals surface area (Å²) in [7, 11) is 0. The lowest BCUT2D eigenvalue weighted by atomic mass is 10.1. The summed E-state index contributed by atoms with van der Waals surface area (Å²) in [4.78, 5) is 12.2. The molecule has 2 aromatic heterocycles. The van der Waals surface area contributed by atoms with Crippen LogP contribution in [0.1, 0.15) is 30.1 Å². The van der Waals surface area contributed by atoms with Crippen molar-refractivity contribution in [2.24, 2.45) is 0 Å². The van der Waals surface area contributed by atoms with Crippen LogP contribution in [0.2, 0.25) is 0 Å². The van der Waals surface area contributed by atoms with Gasteiger partial charge in [-0.15, -0.1) is 10.2 Å². The molecule has 0 atom stereocenters. The molecule has 0 bridgehead atoms. The Morgan fingerprint density at radius 3 is 2.72 bits per heavy atom. The van der Waals surface area contributed by atoms with E-state index in [0.29, 0.717) is 12.2 Å². The number of Topliss-reactive ketones (excluding diaryl/α,β-unsaturated/α-hetero) is 1. The third-order valence-electron chi connectivity index (χ3n) is 3.72. The number of halogens is 1. The van der Waals surface area contributed by atoms with Crippen LogP contribution in [0, 0.1) is 0 Å². The monoisotopic (exact) mass is 419 g/mol. The Labute approximate surface area is 159 Å². The zero-order valence-electron chi connectivity index (χ0n) is 13.8. The van der Waals surface area contributed by atoms with Gasteiger partial charge in [-0.25, -0.2) is 0 Å². The molecule has 0 amide bonds. The summed E-state index contributed by atoms with van der Waals surface area (Å²) in [5, 5.41) is 9.33. The van der Waals surface area contributed by atoms with Crippen molar-refractivity contribution in [1.82, 2.24) is 14.8 Å². The molecule has 7 heteroatoms. The fourth-order valence-corrected chi connectivity index (χ4v) is 3.65. The molecular weight excluding hydrogens is 402 g/mol. The van der Waals surface area contributed by atoms with Crippen molar-refractivity contribution >= 4 is 33.5 Å². The van der Waals surface area contributed by atoms with Crippen LogP contribution < -0.4 is 0 Å². The summed E-state index contributed by atoms with van der Waals surface area (Å²) in [5.41, 5.74) is 0.755. The first-order chi connectivity index (χ1) is 12.2. The van der Waals surface area contributed by atoms with E-state index >= 15 is 0 Å². The number of hydrogen-bond donors (Lipinski definition) is 0. The first-order valence-electron chi connectivity index (χ1n) is 8.07. The highest BCUT2D eigenvalue weighted by molar-refractivity contribution is 9.10. The molecule has 25 heavy (non-hydrogen) atoms. The Morgan fingerprint density at radius 2 is 2.04 bits per heavy atom. The fraction of sp³-hybridized carbons (Fsp3) is 0.278. The molecule has 130 valence electrons. The van der Waals surface area contributed by atoms with Gasteiger partial charge in [0.1, 0.15) is 0 Å². The van der Waals surface area contributed by atoms with Crippen LogP contribution in [0.4, 0.5) is 0 Å². The van der Waals surface area contributed by atoms with Crippen LogP contribution in [0.3, 0.4) is 0 Å². The van der Waals surface area contributed by atoms with Crippen molar-refractivity contribution in [1.29, 1.82) is 0 Å². The molecule has 0 aliphatic rings. The zero-order chi connectivity index (χ0) is 17.6. The van der Waals surface area contributed by atoms with E-state index < -0.39 is 0 Å². The second-order valence-electron chi connectivity index (χ2n) is 5.41. The Morgan fingerprint density at radius 1 is 1.24 bits per heavy atom. The van der Waals surface area contributed by atoms with E-state index in [2.05, 4.69) is 33.1 Å². The summed E-state index contributed by atoms with van der Waals surface area (Å²) in [6, 6.07) is 11.2. The number of hydrogen-bond acceptors (Lipinski definition) is 5. The van der Waals surface area contributed by atoms with Gasteiger partial charge in [0.25, 0.3) is 0 Å². The maximum atomic E-state index is 12.2. The van der Waals surface area contributed by atoms with Gasteiger partial charge in [-0.05, 0) is 37.6 Å². The van der Waals surface area contributed by atoms with Gasteiger partial charge in [0.2, 0.25) is 0 Å². The molecular formula is C18H18BrN3O2S. The highest BCUT2D eigenvalue weighted by atomic mass is 79.9. The lowest BCUT2D eigenvalue weighted by Gasteiger charge is -2.05. The molecule has 0 N–H and O–H groups in total. The summed E-state index contributed by atoms with van der Waals surface area (Å²) < 4.78 is 8.41. The standard InChI is InChI=1S/C18H18BrN3O2S/c1-2-22-17(16-6-3-11-24-16)20-21-18(22)25-12-4-5-15(23)13-7-9-14(19)10-8-13/h3,6-11H,2,4-5,12H2,1H3. The molecule has 3 rings (SSSR count). The van der Waals surface area contributed by atoms with Crippen LogP contribution >= 0.6 is 27.7 Å². The lowest BCUT2D eigenvalue weighted by Crippen LogP contribution is -2.01. The van der Waals surface area contributed by atoms with Crippen LogP contribution in [-0.2, 0) is 6.54 Å². The average molecular weight is 420 g/mol. The van der Waals surface area contributed by atoms with Crippen molar-refractivity contribution in [3.8, 4) is 11.6 Å². The van der Waals surface area contributed by atoms with Crippen molar-refractivity contribution in [3.63, 3.8) is 0 Å². The minimum atomic E-state index is 0.168. The normalized spacial score (nSPS) is 11.0. The summed E-state index contributed by atoms with van der Waals surface area (Å²) in [6.45, 7) is 2.82. The van der Waals surface area contributed by atoms with Gasteiger partial charge >= 0.3 is 0 Å². The number of furan rings is 1. The highest BCUT2D eigenvalue weighted by Crippen LogP contribution is 2.25. The van der Waals surface area contributed by atoms with E-state index in [1.54, 1.807) is 18.0 Å². The minimum absolute atomic E-state index is 0.168. The quantitative estimate of drug-likeness (QED) is 0.289. The maximum absolute atomic E-state index is 12.2. The van der Waals surface area contributed by atoms with E-state index in [-0.39, 0.29) is 5.78 Å². The molecule has 0 aliphatic carbocycles. The Hall–Kier alpha value is -1.86. The number of aromatic nitrogens is 3. The smallest absolute Gasteiger partial charge is 0.200 e. The Kier molecular flexibility index (Phi) is 6.09. The molecule has 0 saturated heterocycles. The summed E-state index contributed by atoms with van der Waals surface area (Å²) >= 11 is 4.99. The SMILES string of the molecule is CCn1c(SCCCC(=O)c2ccc(Br)cc2)nnc1-c1ccco1. The van der Waals surface area contributed by atoms with Crippen LogP contribution in [0.25, 0.3) is 11.6 Å². The van der Waals surface area contributed by atoms with E-state index in [1.165, 1.54) is 0 Å². The predicted octanol–water partition coefficient (Wildman–Crippen LogP) is 5.08. The molecule has 0 saturated carbocycles. The molecule has 0 unspecified atom stereocenters. The number of rotatable bonds is 8. The van der Waals surface area contributed by atoms with Gasteiger partial charge in [-0.1, -0.05) is 39.8 Å². The van der Waals surface area contributed by atoms with Crippen molar-refractivity contribution in [2.75, 3.05) is 5.75 Å². The number of nitrogens with zero attached hydrogens (tertiary/aromatic N) is 3. The largest absolute Gasteiger partial charge is 0.461 e. The van der Waals surface area contributed by atoms with Gasteiger partial charge in [0, 0.05) is 28.8 Å². The zero-order valence-corrected chi connectivity index (χ0v) is 16.2. The van der Waals surface area contributed by atoms with Gasteiger partial charge in [-0.2, -0.15) is 0 Å². The third kappa shape index (κ3) is 4.41. The summed E-state index contributed by atoms with van der Waals surface area (Å²) in [5.74, 6) is 2.44. The third-order valence-corrected chi connectivity index (χ3v) is 5.30. The highest BCUT2D eigenvalue weighted by Gasteiger charge is 2.15. The fourth-order valence-electron chi connectivity index (χ4n) is 2.44. The average Bonchev–Trinajstić information content (AvgIpc) is 3.28. The molecule has 1 aromatic carbocycles. The van der Waals surface area contributed by atoms with Crippen molar-refractivity contribution in [3.05, 3.63) is 52.7 Å². The van der Waals surface area contributed by atoms with E-state index in [9.17, 15) is 4.79 Å². The maximum Gasteiger partial charge on any atom is 0.200 e. The Balaban J connectivity index is 1.54. The van der Waals surface area contributed by atoms with Crippen LogP contribution in [-0.4, -0.2) is 26.3 Å². The van der Waals surface area contributed by atoms with Crippen LogP contribution in [0.5, 0.6) is 0 Å². The number of thioether (sulfide) groups is 1. The van der Waals surface area contributed by atoms with Gasteiger partial charge in [0.05, 0.1) is 6.26 Å². The molecule has 0 radical (unpaired) electrons. The second-order valence-corrected chi connectivity index (χ2v) is 7.39. The molecule has 3 aromatic rings. The first kappa shape index (κ1) is 17.9. The van der Waals surface area contributed by atoms with E-state index in [4.69, 9.17) is 4.42 Å². The van der Waals surface area contributed by atoms with Crippen LogP contribution in [0.15, 0.2) is 56.7 Å². The minimum Gasteiger partial charge on any atom is -0.461 e. The molecule has 2 heterocycles. The lowest BCUT2D eigenvalue weighted by molar-refractivity contribution is 0.0982. The first-order valence-corrected chi connectivity index (χ1v) is 9.85. The second kappa shape index (κ2) is 8.49. The molecule has 0 fully saturated rings. The van der Waals surface area contributed by atoms with Gasteiger partial charge in [-0.3, -0.25) is 9.36 Å². The molecule has 0 spiro atoms. The molecule has 0 aliphatic heterocycles. The Bertz CT molecular complexity index is 829. The number of ketones is 1. The molecule has 5 nitrogen and oxygen atoms in total. The number of carbonyl (C=O) groups excluding carboxylic acids is 1. The van der Waals surface area contributed by atoms with Crippen molar-refractivity contribution < 1.29 is 9.21 Å². The summed E-state index contributed by atoms with van der Waals surface area (Å²) in [6.07, 6.45) is 2.96. The van der Waals surface area contributed by atoms with E-state index in [0.717, 1.165) is 39.7 Å². The van der Waals surface area contributed by atoms with Gasteiger partial charge in [0.15, 0.2) is 22.5 Å². The number of carbonyl (C=O) groups is 1. The van der Waals surface area contributed by atoms with Crippen molar-refractivity contribution in [2.45, 2.75) is 31.5 Å². The van der Waals surface area contributed by atoms with Gasteiger partial charge < -0.3 is 4.42 Å².